The fourth-order valence-corrected chi connectivity index (χ4v) is 3.12. The Morgan fingerprint density at radius 2 is 1.55 bits per heavy atom. The Morgan fingerprint density at radius 1 is 0.879 bits per heavy atom. The summed E-state index contributed by atoms with van der Waals surface area (Å²) in [6.45, 7) is 4.73. The zero-order valence-corrected chi connectivity index (χ0v) is 19.2. The highest BCUT2D eigenvalue weighted by Gasteiger charge is 2.16. The number of ether oxygens (including phenoxy) is 2. The van der Waals surface area contributed by atoms with Gasteiger partial charge in [0.05, 0.1) is 13.2 Å². The molecule has 33 heavy (non-hydrogen) atoms. The van der Waals surface area contributed by atoms with Crippen LogP contribution in [-0.4, -0.2) is 25.0 Å². The van der Waals surface area contributed by atoms with Gasteiger partial charge >= 0.3 is 0 Å². The average Bonchev–Trinajstić information content (AvgIpc) is 2.81. The summed E-state index contributed by atoms with van der Waals surface area (Å²) < 4.78 is 11.3. The standard InChI is InChI=1S/C26H25ClN2O4/c1-3-32-23-15-10-18(17-24(23)33-4-2)16-22(26(31)28-21-8-6-5-7-9-21)29-25(30)19-11-13-20(27)14-12-19/h5-17H,3-4H2,1-2H3,(H,28,31)(H,29,30)/b22-16+. The first-order chi connectivity index (χ1) is 16.0. The second kappa shape index (κ2) is 11.7. The van der Waals surface area contributed by atoms with E-state index in [1.807, 2.05) is 32.0 Å². The van der Waals surface area contributed by atoms with Crippen molar-refractivity contribution in [1.29, 1.82) is 0 Å². The maximum absolute atomic E-state index is 13.0. The molecule has 170 valence electrons. The number of hydrogen-bond acceptors (Lipinski definition) is 4. The van der Waals surface area contributed by atoms with Crippen LogP contribution >= 0.6 is 11.6 Å². The van der Waals surface area contributed by atoms with Gasteiger partial charge in [0.1, 0.15) is 5.70 Å². The molecule has 0 saturated heterocycles. The number of para-hydroxylation sites is 1. The number of hydrogen-bond donors (Lipinski definition) is 2. The number of carbonyl (C=O) groups excluding carboxylic acids is 2. The van der Waals surface area contributed by atoms with E-state index in [4.69, 9.17) is 21.1 Å². The lowest BCUT2D eigenvalue weighted by Gasteiger charge is -2.13. The SMILES string of the molecule is CCOc1ccc(/C=C(/NC(=O)c2ccc(Cl)cc2)C(=O)Nc2ccccc2)cc1OCC. The fourth-order valence-electron chi connectivity index (χ4n) is 3.00. The van der Waals surface area contributed by atoms with Crippen LogP contribution in [0.4, 0.5) is 5.69 Å². The Morgan fingerprint density at radius 3 is 2.21 bits per heavy atom. The van der Waals surface area contributed by atoms with Crippen LogP contribution in [-0.2, 0) is 4.79 Å². The van der Waals surface area contributed by atoms with Crippen molar-refractivity contribution in [2.75, 3.05) is 18.5 Å². The topological polar surface area (TPSA) is 76.7 Å². The maximum atomic E-state index is 13.0. The van der Waals surface area contributed by atoms with Crippen molar-refractivity contribution in [3.05, 3.63) is 94.6 Å². The van der Waals surface area contributed by atoms with Gasteiger partial charge in [-0.05, 0) is 74.0 Å². The summed E-state index contributed by atoms with van der Waals surface area (Å²) in [5, 5.41) is 6.02. The predicted octanol–water partition coefficient (Wildman–Crippen LogP) is 5.55. The Labute approximate surface area is 198 Å². The van der Waals surface area contributed by atoms with Crippen LogP contribution in [0.3, 0.4) is 0 Å². The van der Waals surface area contributed by atoms with Gasteiger partial charge in [0.15, 0.2) is 11.5 Å². The number of nitrogens with one attached hydrogen (secondary N) is 2. The molecule has 0 spiro atoms. The molecule has 3 rings (SSSR count). The third kappa shape index (κ3) is 6.85. The molecule has 0 radical (unpaired) electrons. The number of benzene rings is 3. The number of anilines is 1. The van der Waals surface area contributed by atoms with Gasteiger partial charge in [0.2, 0.25) is 0 Å². The van der Waals surface area contributed by atoms with E-state index < -0.39 is 11.8 Å². The molecule has 0 fully saturated rings. The van der Waals surface area contributed by atoms with Crippen molar-refractivity contribution in [2.24, 2.45) is 0 Å². The highest BCUT2D eigenvalue weighted by molar-refractivity contribution is 6.30. The zero-order chi connectivity index (χ0) is 23.6. The van der Waals surface area contributed by atoms with Crippen LogP contribution in [0, 0.1) is 0 Å². The molecule has 0 aliphatic carbocycles. The monoisotopic (exact) mass is 464 g/mol. The van der Waals surface area contributed by atoms with Gasteiger partial charge in [-0.1, -0.05) is 35.9 Å². The van der Waals surface area contributed by atoms with E-state index in [1.165, 1.54) is 0 Å². The second-order valence-electron chi connectivity index (χ2n) is 6.91. The Bertz CT molecular complexity index is 1130. The Balaban J connectivity index is 1.93. The van der Waals surface area contributed by atoms with E-state index in [0.29, 0.717) is 46.5 Å². The molecule has 6 nitrogen and oxygen atoms in total. The Hall–Kier alpha value is -3.77. The second-order valence-corrected chi connectivity index (χ2v) is 7.35. The van der Waals surface area contributed by atoms with Gasteiger partial charge in [-0.15, -0.1) is 0 Å². The lowest BCUT2D eigenvalue weighted by molar-refractivity contribution is -0.113. The van der Waals surface area contributed by atoms with Gasteiger partial charge in [-0.3, -0.25) is 9.59 Å². The molecule has 0 aliphatic heterocycles. The van der Waals surface area contributed by atoms with E-state index in [1.54, 1.807) is 60.7 Å². The van der Waals surface area contributed by atoms with Crippen LogP contribution in [0.2, 0.25) is 5.02 Å². The molecule has 2 amide bonds. The van der Waals surface area contributed by atoms with Crippen LogP contribution in [0.1, 0.15) is 29.8 Å². The third-order valence-corrected chi connectivity index (χ3v) is 4.76. The van der Waals surface area contributed by atoms with Crippen molar-refractivity contribution in [3.63, 3.8) is 0 Å². The smallest absolute Gasteiger partial charge is 0.272 e. The number of carbonyl (C=O) groups is 2. The first-order valence-corrected chi connectivity index (χ1v) is 10.9. The predicted molar refractivity (Wildman–Crippen MR) is 131 cm³/mol. The van der Waals surface area contributed by atoms with Crippen molar-refractivity contribution in [2.45, 2.75) is 13.8 Å². The lowest BCUT2D eigenvalue weighted by Crippen LogP contribution is -2.30. The van der Waals surface area contributed by atoms with Gasteiger partial charge in [-0.25, -0.2) is 0 Å². The van der Waals surface area contributed by atoms with Crippen LogP contribution < -0.4 is 20.1 Å². The summed E-state index contributed by atoms with van der Waals surface area (Å²) in [7, 11) is 0. The number of amides is 2. The van der Waals surface area contributed by atoms with Crippen LogP contribution in [0.15, 0.2) is 78.5 Å². The highest BCUT2D eigenvalue weighted by Crippen LogP contribution is 2.29. The minimum atomic E-state index is -0.463. The molecule has 0 saturated carbocycles. The largest absolute Gasteiger partial charge is 0.490 e. The molecule has 0 heterocycles. The minimum absolute atomic E-state index is 0.0745. The van der Waals surface area contributed by atoms with E-state index in [9.17, 15) is 9.59 Å². The molecule has 0 aliphatic rings. The Kier molecular flexibility index (Phi) is 8.49. The molecule has 0 aromatic heterocycles. The summed E-state index contributed by atoms with van der Waals surface area (Å²) in [6.07, 6.45) is 1.59. The summed E-state index contributed by atoms with van der Waals surface area (Å²) in [6, 6.07) is 20.7. The van der Waals surface area contributed by atoms with Gasteiger partial charge < -0.3 is 20.1 Å². The summed E-state index contributed by atoms with van der Waals surface area (Å²) in [4.78, 5) is 25.8. The van der Waals surface area contributed by atoms with Gasteiger partial charge in [0.25, 0.3) is 11.8 Å². The molecule has 0 unspecified atom stereocenters. The summed E-state index contributed by atoms with van der Waals surface area (Å²) >= 11 is 5.92. The van der Waals surface area contributed by atoms with Crippen molar-refractivity contribution in [1.82, 2.24) is 5.32 Å². The molecule has 0 bridgehead atoms. The van der Waals surface area contributed by atoms with Crippen molar-refractivity contribution in [3.8, 4) is 11.5 Å². The van der Waals surface area contributed by atoms with Crippen molar-refractivity contribution >= 4 is 35.2 Å². The first kappa shape index (κ1) is 23.9. The molecular formula is C26H25ClN2O4. The normalized spacial score (nSPS) is 10.9. The van der Waals surface area contributed by atoms with Crippen LogP contribution in [0.5, 0.6) is 11.5 Å². The van der Waals surface area contributed by atoms with Crippen molar-refractivity contribution < 1.29 is 19.1 Å². The molecule has 7 heteroatoms. The van der Waals surface area contributed by atoms with E-state index in [0.717, 1.165) is 0 Å². The molecule has 0 atom stereocenters. The highest BCUT2D eigenvalue weighted by atomic mass is 35.5. The zero-order valence-electron chi connectivity index (χ0n) is 18.4. The molecule has 2 N–H and O–H groups in total. The number of rotatable bonds is 9. The van der Waals surface area contributed by atoms with Gasteiger partial charge in [-0.2, -0.15) is 0 Å². The molecule has 3 aromatic carbocycles. The first-order valence-electron chi connectivity index (χ1n) is 10.5. The van der Waals surface area contributed by atoms with E-state index in [2.05, 4.69) is 10.6 Å². The summed E-state index contributed by atoms with van der Waals surface area (Å²) in [5.74, 6) is 0.268. The van der Waals surface area contributed by atoms with Gasteiger partial charge in [0, 0.05) is 16.3 Å². The van der Waals surface area contributed by atoms with E-state index in [-0.39, 0.29) is 5.70 Å². The summed E-state index contributed by atoms with van der Waals surface area (Å²) in [5.41, 5.74) is 1.72. The van der Waals surface area contributed by atoms with Crippen LogP contribution in [0.25, 0.3) is 6.08 Å². The quantitative estimate of drug-likeness (QED) is 0.407. The lowest BCUT2D eigenvalue weighted by atomic mass is 10.1. The average molecular weight is 465 g/mol. The number of halogens is 1. The molecular weight excluding hydrogens is 440 g/mol. The maximum Gasteiger partial charge on any atom is 0.272 e. The molecule has 3 aromatic rings. The third-order valence-electron chi connectivity index (χ3n) is 4.51. The fraction of sp³-hybridized carbons (Fsp3) is 0.154. The van der Waals surface area contributed by atoms with E-state index >= 15 is 0 Å². The minimum Gasteiger partial charge on any atom is -0.490 e.